The number of Topliss-reactive ketones (excluding diaryl/α,β-unsaturated/α-hetero) is 1. The van der Waals surface area contributed by atoms with Crippen LogP contribution in [0.25, 0.3) is 0 Å². The number of ketones is 1. The third-order valence-electron chi connectivity index (χ3n) is 3.13. The number of carbonyl (C=O) groups excluding carboxylic acids is 1. The first kappa shape index (κ1) is 11.6. The Balaban J connectivity index is 2.28. The van der Waals surface area contributed by atoms with Gasteiger partial charge in [0.05, 0.1) is 5.02 Å². The molecule has 1 aromatic rings. The summed E-state index contributed by atoms with van der Waals surface area (Å²) in [7, 11) is 0. The zero-order chi connectivity index (χ0) is 11.7. The number of rotatable bonds is 3. The number of unbranched alkanes of at least 4 members (excludes halogenated alkanes) is 1. The summed E-state index contributed by atoms with van der Waals surface area (Å²) in [6, 6.07) is 2.66. The monoisotopic (exact) mass is 240 g/mol. The van der Waals surface area contributed by atoms with E-state index in [4.69, 9.17) is 11.6 Å². The Hall–Kier alpha value is -0.890. The molecule has 0 aromatic heterocycles. The molecule has 1 aromatic carbocycles. The molecule has 0 saturated carbocycles. The summed E-state index contributed by atoms with van der Waals surface area (Å²) in [5, 5.41) is 0.263. The van der Waals surface area contributed by atoms with Crippen LogP contribution in [0, 0.1) is 11.7 Å². The minimum Gasteiger partial charge on any atom is -0.294 e. The fraction of sp³-hybridized carbons (Fsp3) is 0.462. The first-order valence-corrected chi connectivity index (χ1v) is 6.03. The highest BCUT2D eigenvalue weighted by Gasteiger charge is 2.32. The van der Waals surface area contributed by atoms with Gasteiger partial charge in [-0.15, -0.1) is 0 Å². The lowest BCUT2D eigenvalue weighted by atomic mass is 9.98. The predicted octanol–water partition coefficient (Wildman–Crippen LogP) is 4.02. The number of fused-ring (bicyclic) bond motifs is 1. The topological polar surface area (TPSA) is 17.1 Å². The van der Waals surface area contributed by atoms with Crippen molar-refractivity contribution >= 4 is 17.4 Å². The van der Waals surface area contributed by atoms with Crippen molar-refractivity contribution in [2.24, 2.45) is 5.92 Å². The van der Waals surface area contributed by atoms with E-state index < -0.39 is 0 Å². The molecule has 1 atom stereocenters. The molecular weight excluding hydrogens is 227 g/mol. The molecule has 0 saturated heterocycles. The van der Waals surface area contributed by atoms with Gasteiger partial charge < -0.3 is 0 Å². The molecule has 0 bridgehead atoms. The lowest BCUT2D eigenvalue weighted by Crippen LogP contribution is -2.08. The van der Waals surface area contributed by atoms with Crippen molar-refractivity contribution in [3.63, 3.8) is 0 Å². The molecule has 0 spiro atoms. The van der Waals surface area contributed by atoms with E-state index in [0.29, 0.717) is 12.0 Å². The van der Waals surface area contributed by atoms with E-state index in [1.807, 2.05) is 0 Å². The Bertz CT molecular complexity index is 428. The Morgan fingerprint density at radius 3 is 2.94 bits per heavy atom. The molecule has 0 amide bonds. The van der Waals surface area contributed by atoms with Crippen LogP contribution in [0.4, 0.5) is 4.39 Å². The smallest absolute Gasteiger partial charge is 0.168 e. The second-order valence-electron chi connectivity index (χ2n) is 4.33. The van der Waals surface area contributed by atoms with Crippen LogP contribution in [0.1, 0.15) is 42.1 Å². The Morgan fingerprint density at radius 2 is 2.25 bits per heavy atom. The van der Waals surface area contributed by atoms with Crippen molar-refractivity contribution in [2.45, 2.75) is 32.6 Å². The molecule has 1 nitrogen and oxygen atoms in total. The van der Waals surface area contributed by atoms with Gasteiger partial charge in [-0.3, -0.25) is 4.79 Å². The molecule has 0 aliphatic heterocycles. The summed E-state index contributed by atoms with van der Waals surface area (Å²) in [4.78, 5) is 12.0. The van der Waals surface area contributed by atoms with Crippen LogP contribution >= 0.6 is 11.6 Å². The first-order chi connectivity index (χ1) is 7.63. The maximum absolute atomic E-state index is 13.1. The number of benzene rings is 1. The minimum atomic E-state index is -0.354. The molecule has 0 radical (unpaired) electrons. The first-order valence-electron chi connectivity index (χ1n) is 5.65. The van der Waals surface area contributed by atoms with Crippen LogP contribution in [0.15, 0.2) is 12.1 Å². The molecular formula is C13H14ClFO. The summed E-state index contributed by atoms with van der Waals surface area (Å²) in [6.45, 7) is 2.10. The van der Waals surface area contributed by atoms with Crippen LogP contribution in [0.3, 0.4) is 0 Å². The van der Waals surface area contributed by atoms with E-state index in [1.165, 1.54) is 12.1 Å². The Morgan fingerprint density at radius 1 is 1.50 bits per heavy atom. The molecule has 1 aliphatic rings. The van der Waals surface area contributed by atoms with E-state index in [0.717, 1.165) is 24.8 Å². The second-order valence-corrected chi connectivity index (χ2v) is 4.74. The molecule has 2 rings (SSSR count). The fourth-order valence-electron chi connectivity index (χ4n) is 2.31. The summed E-state index contributed by atoms with van der Waals surface area (Å²) in [6.07, 6.45) is 3.63. The van der Waals surface area contributed by atoms with Gasteiger partial charge in [-0.1, -0.05) is 31.4 Å². The molecule has 0 N–H and O–H groups in total. The zero-order valence-electron chi connectivity index (χ0n) is 9.22. The zero-order valence-corrected chi connectivity index (χ0v) is 9.98. The van der Waals surface area contributed by atoms with Gasteiger partial charge in [0.15, 0.2) is 5.78 Å². The van der Waals surface area contributed by atoms with Crippen LogP contribution < -0.4 is 0 Å². The standard InChI is InChI=1S/C13H14ClFO/c1-2-3-4-8-5-9-6-10(15)7-11(14)12(9)13(8)16/h6-8H,2-5H2,1H3. The van der Waals surface area contributed by atoms with Gasteiger partial charge >= 0.3 is 0 Å². The van der Waals surface area contributed by atoms with Crippen molar-refractivity contribution in [3.8, 4) is 0 Å². The molecule has 0 heterocycles. The predicted molar refractivity (Wildman–Crippen MR) is 62.5 cm³/mol. The summed E-state index contributed by atoms with van der Waals surface area (Å²) < 4.78 is 13.1. The van der Waals surface area contributed by atoms with Gasteiger partial charge in [0.2, 0.25) is 0 Å². The van der Waals surface area contributed by atoms with Gasteiger partial charge in [0.1, 0.15) is 5.82 Å². The summed E-state index contributed by atoms with van der Waals surface area (Å²) in [5.74, 6) is -0.254. The van der Waals surface area contributed by atoms with Crippen molar-refractivity contribution in [1.29, 1.82) is 0 Å². The minimum absolute atomic E-state index is 0.00856. The Labute approximate surface area is 99.6 Å². The van der Waals surface area contributed by atoms with Crippen molar-refractivity contribution in [2.75, 3.05) is 0 Å². The highest BCUT2D eigenvalue weighted by molar-refractivity contribution is 6.34. The van der Waals surface area contributed by atoms with Crippen LogP contribution in [-0.2, 0) is 6.42 Å². The maximum atomic E-state index is 13.1. The van der Waals surface area contributed by atoms with E-state index in [9.17, 15) is 9.18 Å². The third-order valence-corrected chi connectivity index (χ3v) is 3.42. The second kappa shape index (κ2) is 4.54. The van der Waals surface area contributed by atoms with Crippen molar-refractivity contribution in [1.82, 2.24) is 0 Å². The van der Waals surface area contributed by atoms with Gasteiger partial charge in [-0.05, 0) is 30.5 Å². The van der Waals surface area contributed by atoms with Gasteiger partial charge in [-0.25, -0.2) is 4.39 Å². The normalized spacial score (nSPS) is 18.9. The number of hydrogen-bond donors (Lipinski definition) is 0. The fourth-order valence-corrected chi connectivity index (χ4v) is 2.63. The van der Waals surface area contributed by atoms with Crippen LogP contribution in [-0.4, -0.2) is 5.78 Å². The van der Waals surface area contributed by atoms with E-state index in [1.54, 1.807) is 0 Å². The van der Waals surface area contributed by atoms with Gasteiger partial charge in [0, 0.05) is 11.5 Å². The molecule has 1 unspecified atom stereocenters. The lowest BCUT2D eigenvalue weighted by Gasteiger charge is -2.05. The van der Waals surface area contributed by atoms with Crippen LogP contribution in [0.2, 0.25) is 5.02 Å². The molecule has 1 aliphatic carbocycles. The molecule has 0 fully saturated rings. The average molecular weight is 241 g/mol. The highest BCUT2D eigenvalue weighted by atomic mass is 35.5. The number of hydrogen-bond acceptors (Lipinski definition) is 1. The third kappa shape index (κ3) is 1.99. The molecule has 86 valence electrons. The summed E-state index contributed by atoms with van der Waals surface area (Å²) >= 11 is 5.91. The number of halogens is 2. The Kier molecular flexibility index (Phi) is 3.29. The van der Waals surface area contributed by atoms with E-state index in [-0.39, 0.29) is 22.5 Å². The largest absolute Gasteiger partial charge is 0.294 e. The van der Waals surface area contributed by atoms with Gasteiger partial charge in [0.25, 0.3) is 0 Å². The average Bonchev–Trinajstić information content (AvgIpc) is 2.52. The van der Waals surface area contributed by atoms with Crippen LogP contribution in [0.5, 0.6) is 0 Å². The van der Waals surface area contributed by atoms with Crippen molar-refractivity contribution in [3.05, 3.63) is 34.1 Å². The van der Waals surface area contributed by atoms with E-state index in [2.05, 4.69) is 6.92 Å². The van der Waals surface area contributed by atoms with Gasteiger partial charge in [-0.2, -0.15) is 0 Å². The molecule has 16 heavy (non-hydrogen) atoms. The SMILES string of the molecule is CCCCC1Cc2cc(F)cc(Cl)c2C1=O. The van der Waals surface area contributed by atoms with Crippen molar-refractivity contribution < 1.29 is 9.18 Å². The number of carbonyl (C=O) groups is 1. The maximum Gasteiger partial charge on any atom is 0.168 e. The lowest BCUT2D eigenvalue weighted by molar-refractivity contribution is 0.0929. The molecule has 3 heteroatoms. The highest BCUT2D eigenvalue weighted by Crippen LogP contribution is 2.35. The summed E-state index contributed by atoms with van der Waals surface area (Å²) in [5.41, 5.74) is 1.32. The quantitative estimate of drug-likeness (QED) is 0.780. The van der Waals surface area contributed by atoms with E-state index >= 15 is 0 Å².